The van der Waals surface area contributed by atoms with Crippen molar-refractivity contribution < 1.29 is 13.5 Å². The van der Waals surface area contributed by atoms with Gasteiger partial charge in [0.05, 0.1) is 5.69 Å². The summed E-state index contributed by atoms with van der Waals surface area (Å²) in [5, 5.41) is 11.9. The summed E-state index contributed by atoms with van der Waals surface area (Å²) in [5.41, 5.74) is 1.38. The molecule has 1 heterocycles. The number of hydrogen-bond donors (Lipinski definition) is 1. The third kappa shape index (κ3) is 3.65. The number of pyridine rings is 1. The Morgan fingerprint density at radius 2 is 2.00 bits per heavy atom. The minimum Gasteiger partial charge on any atom is -0.435 e. The lowest BCUT2D eigenvalue weighted by atomic mass is 10.2. The summed E-state index contributed by atoms with van der Waals surface area (Å²) in [6.07, 6.45) is 1.52. The average molecular weight is 340 g/mol. The molecule has 0 aliphatic carbocycles. The Morgan fingerprint density at radius 3 is 2.60 bits per heavy atom. The Labute approximate surface area is 122 Å². The topological polar surface area (TPSA) is 57.9 Å². The third-order valence-corrected chi connectivity index (χ3v) is 2.75. The second-order valence-electron chi connectivity index (χ2n) is 3.69. The predicted octanol–water partition coefficient (Wildman–Crippen LogP) is 4.06. The van der Waals surface area contributed by atoms with E-state index in [0.29, 0.717) is 11.4 Å². The van der Waals surface area contributed by atoms with Gasteiger partial charge in [-0.25, -0.2) is 4.98 Å². The molecule has 2 aromatic rings. The van der Waals surface area contributed by atoms with Crippen molar-refractivity contribution in [1.82, 2.24) is 4.98 Å². The van der Waals surface area contributed by atoms with Gasteiger partial charge in [-0.3, -0.25) is 0 Å². The first kappa shape index (κ1) is 14.2. The molecule has 0 aliphatic rings. The van der Waals surface area contributed by atoms with Gasteiger partial charge in [-0.05, 0) is 46.3 Å². The van der Waals surface area contributed by atoms with Crippen molar-refractivity contribution in [2.45, 2.75) is 6.61 Å². The summed E-state index contributed by atoms with van der Waals surface area (Å²) in [4.78, 5) is 3.96. The van der Waals surface area contributed by atoms with Crippen LogP contribution in [0.4, 0.5) is 20.2 Å². The van der Waals surface area contributed by atoms with Crippen LogP contribution in [-0.2, 0) is 0 Å². The molecule has 0 spiro atoms. The van der Waals surface area contributed by atoms with Gasteiger partial charge < -0.3 is 10.1 Å². The first-order valence-electron chi connectivity index (χ1n) is 5.46. The summed E-state index contributed by atoms with van der Waals surface area (Å²) in [6.45, 7) is -2.85. The van der Waals surface area contributed by atoms with Crippen LogP contribution in [0, 0.1) is 11.3 Å². The zero-order valence-corrected chi connectivity index (χ0v) is 11.6. The van der Waals surface area contributed by atoms with E-state index >= 15 is 0 Å². The lowest BCUT2D eigenvalue weighted by molar-refractivity contribution is -0.0498. The maximum Gasteiger partial charge on any atom is 0.387 e. The van der Waals surface area contributed by atoms with Crippen molar-refractivity contribution in [2.75, 3.05) is 5.32 Å². The first-order chi connectivity index (χ1) is 9.58. The molecular formula is C13H8BrF2N3O. The second kappa shape index (κ2) is 6.30. The van der Waals surface area contributed by atoms with Crippen LogP contribution in [0.15, 0.2) is 41.0 Å². The summed E-state index contributed by atoms with van der Waals surface area (Å²) in [5.74, 6) is 0.0680. The molecule has 1 aromatic carbocycles. The van der Waals surface area contributed by atoms with E-state index in [1.807, 2.05) is 6.07 Å². The molecule has 0 atom stereocenters. The Bertz CT molecular complexity index is 641. The number of aromatic nitrogens is 1. The van der Waals surface area contributed by atoms with Gasteiger partial charge >= 0.3 is 6.61 Å². The molecular weight excluding hydrogens is 332 g/mol. The molecule has 7 heteroatoms. The Hall–Kier alpha value is -2.20. The van der Waals surface area contributed by atoms with Gasteiger partial charge in [0.15, 0.2) is 5.69 Å². The Kier molecular flexibility index (Phi) is 4.48. The third-order valence-electron chi connectivity index (χ3n) is 2.32. The molecule has 0 radical (unpaired) electrons. The molecule has 0 unspecified atom stereocenters. The summed E-state index contributed by atoms with van der Waals surface area (Å²) in [7, 11) is 0. The van der Waals surface area contributed by atoms with E-state index in [4.69, 9.17) is 5.26 Å². The molecule has 1 aromatic heterocycles. The molecule has 0 saturated heterocycles. The van der Waals surface area contributed by atoms with Crippen LogP contribution in [0.5, 0.6) is 5.75 Å². The molecule has 2 rings (SSSR count). The number of benzene rings is 1. The molecule has 102 valence electrons. The second-order valence-corrected chi connectivity index (χ2v) is 4.61. The molecule has 0 saturated carbocycles. The number of nitriles is 1. The van der Waals surface area contributed by atoms with Crippen molar-refractivity contribution in [1.29, 1.82) is 5.26 Å². The lowest BCUT2D eigenvalue weighted by Crippen LogP contribution is -2.02. The van der Waals surface area contributed by atoms with E-state index in [1.165, 1.54) is 18.3 Å². The van der Waals surface area contributed by atoms with Crippen molar-refractivity contribution in [2.24, 2.45) is 0 Å². The van der Waals surface area contributed by atoms with Gasteiger partial charge in [0.25, 0.3) is 0 Å². The number of ether oxygens (including phenoxy) is 1. The molecule has 0 bridgehead atoms. The Balaban J connectivity index is 2.18. The smallest absolute Gasteiger partial charge is 0.387 e. The number of hydrogen-bond acceptors (Lipinski definition) is 4. The molecule has 20 heavy (non-hydrogen) atoms. The van der Waals surface area contributed by atoms with Crippen molar-refractivity contribution in [3.8, 4) is 11.8 Å². The zero-order chi connectivity index (χ0) is 14.5. The number of nitrogens with zero attached hydrogens (tertiary/aromatic N) is 2. The first-order valence-corrected chi connectivity index (χ1v) is 6.25. The molecule has 0 aliphatic heterocycles. The van der Waals surface area contributed by atoms with Crippen LogP contribution in [0.2, 0.25) is 0 Å². The van der Waals surface area contributed by atoms with Gasteiger partial charge in [0.1, 0.15) is 11.8 Å². The summed E-state index contributed by atoms with van der Waals surface area (Å²) >= 11 is 3.26. The highest BCUT2D eigenvalue weighted by atomic mass is 79.9. The zero-order valence-electron chi connectivity index (χ0n) is 9.98. The van der Waals surface area contributed by atoms with Crippen LogP contribution in [0.1, 0.15) is 5.69 Å². The van der Waals surface area contributed by atoms with E-state index in [2.05, 4.69) is 31.0 Å². The number of nitrogens with one attached hydrogen (secondary N) is 1. The van der Waals surface area contributed by atoms with Crippen LogP contribution < -0.4 is 10.1 Å². The quantitative estimate of drug-likeness (QED) is 0.912. The molecule has 1 N–H and O–H groups in total. The van der Waals surface area contributed by atoms with E-state index in [9.17, 15) is 8.78 Å². The van der Waals surface area contributed by atoms with Gasteiger partial charge in [-0.1, -0.05) is 0 Å². The predicted molar refractivity (Wildman–Crippen MR) is 73.0 cm³/mol. The van der Waals surface area contributed by atoms with E-state index in [0.717, 1.165) is 4.47 Å². The van der Waals surface area contributed by atoms with Crippen LogP contribution in [0.25, 0.3) is 0 Å². The highest BCUT2D eigenvalue weighted by Crippen LogP contribution is 2.24. The van der Waals surface area contributed by atoms with Crippen molar-refractivity contribution >= 4 is 27.3 Å². The van der Waals surface area contributed by atoms with Crippen LogP contribution >= 0.6 is 15.9 Å². The fourth-order valence-electron chi connectivity index (χ4n) is 1.50. The van der Waals surface area contributed by atoms with Crippen LogP contribution in [-0.4, -0.2) is 11.6 Å². The lowest BCUT2D eigenvalue weighted by Gasteiger charge is -2.09. The summed E-state index contributed by atoms with van der Waals surface area (Å²) < 4.78 is 29.0. The normalized spacial score (nSPS) is 10.2. The fourth-order valence-corrected chi connectivity index (χ4v) is 1.83. The highest BCUT2D eigenvalue weighted by molar-refractivity contribution is 9.10. The number of anilines is 2. The SMILES string of the molecule is N#Cc1ncc(Br)cc1Nc1ccc(OC(F)F)cc1. The highest BCUT2D eigenvalue weighted by Gasteiger charge is 2.06. The van der Waals surface area contributed by atoms with Crippen molar-refractivity contribution in [3.63, 3.8) is 0 Å². The van der Waals surface area contributed by atoms with Gasteiger partial charge in [-0.2, -0.15) is 14.0 Å². The maximum atomic E-state index is 12.0. The van der Waals surface area contributed by atoms with Gasteiger partial charge in [-0.15, -0.1) is 0 Å². The van der Waals surface area contributed by atoms with Crippen molar-refractivity contribution in [3.05, 3.63) is 46.7 Å². The number of rotatable bonds is 4. The minimum absolute atomic E-state index is 0.0680. The fraction of sp³-hybridized carbons (Fsp3) is 0.0769. The summed E-state index contributed by atoms with van der Waals surface area (Å²) in [6, 6.07) is 9.62. The van der Waals surface area contributed by atoms with E-state index in [-0.39, 0.29) is 11.4 Å². The minimum atomic E-state index is -2.85. The monoisotopic (exact) mass is 339 g/mol. The standard InChI is InChI=1S/C13H8BrF2N3O/c14-8-5-11(12(6-17)18-7-8)19-9-1-3-10(4-2-9)20-13(15)16/h1-5,7,13,19H. The molecule has 0 amide bonds. The maximum absolute atomic E-state index is 12.0. The largest absolute Gasteiger partial charge is 0.435 e. The number of alkyl halides is 2. The van der Waals surface area contributed by atoms with E-state index in [1.54, 1.807) is 18.2 Å². The van der Waals surface area contributed by atoms with Crippen LogP contribution in [0.3, 0.4) is 0 Å². The average Bonchev–Trinajstić information content (AvgIpc) is 2.41. The van der Waals surface area contributed by atoms with Gasteiger partial charge in [0.2, 0.25) is 0 Å². The Morgan fingerprint density at radius 1 is 1.30 bits per heavy atom. The van der Waals surface area contributed by atoms with E-state index < -0.39 is 6.61 Å². The number of halogens is 3. The molecule has 0 fully saturated rings. The molecule has 4 nitrogen and oxygen atoms in total. The van der Waals surface area contributed by atoms with Gasteiger partial charge in [0, 0.05) is 16.4 Å².